The van der Waals surface area contributed by atoms with Gasteiger partial charge in [-0.1, -0.05) is 17.7 Å². The maximum atomic E-state index is 12.8. The summed E-state index contributed by atoms with van der Waals surface area (Å²) in [6.45, 7) is -0.404. The average Bonchev–Trinajstić information content (AvgIpc) is 2.98. The number of halogens is 1. The van der Waals surface area contributed by atoms with Crippen molar-refractivity contribution in [3.05, 3.63) is 64.2 Å². The van der Waals surface area contributed by atoms with Crippen LogP contribution >= 0.6 is 11.6 Å². The van der Waals surface area contributed by atoms with Crippen molar-refractivity contribution in [1.82, 2.24) is 4.90 Å². The molecule has 0 saturated carbocycles. The monoisotopic (exact) mass is 417 g/mol. The quantitative estimate of drug-likeness (QED) is 0.426. The fourth-order valence-corrected chi connectivity index (χ4v) is 3.48. The summed E-state index contributed by atoms with van der Waals surface area (Å²) in [5, 5.41) is 20.7. The molecule has 1 amide bonds. The lowest BCUT2D eigenvalue weighted by molar-refractivity contribution is -0.140. The Bertz CT molecular complexity index is 970. The van der Waals surface area contributed by atoms with Crippen LogP contribution in [0.2, 0.25) is 5.02 Å². The van der Waals surface area contributed by atoms with E-state index < -0.39 is 17.7 Å². The maximum absolute atomic E-state index is 12.8. The van der Waals surface area contributed by atoms with E-state index in [1.165, 1.54) is 19.1 Å². The van der Waals surface area contributed by atoms with Crippen LogP contribution in [0.25, 0.3) is 5.76 Å². The predicted molar refractivity (Wildman–Crippen MR) is 107 cm³/mol. The second-order valence-corrected chi connectivity index (χ2v) is 6.77. The van der Waals surface area contributed by atoms with Crippen LogP contribution in [0.5, 0.6) is 11.5 Å². The SMILES string of the molecule is COc1ccc(C2C(=C(O)c3ccc(Cl)cc3)C(=O)C(=O)N2CCO)cc1OC. The standard InChI is InChI=1S/C21H20ClNO6/c1-28-15-8-5-13(11-16(15)29-2)18-17(20(26)21(27)23(18)9-10-24)19(25)12-3-6-14(22)7-4-12/h3-8,11,18,24-25H,9-10H2,1-2H3. The lowest BCUT2D eigenvalue weighted by Crippen LogP contribution is -2.32. The minimum Gasteiger partial charge on any atom is -0.507 e. The summed E-state index contributed by atoms with van der Waals surface area (Å²) in [5.41, 5.74) is 0.811. The number of hydrogen-bond donors (Lipinski definition) is 2. The third-order valence-electron chi connectivity index (χ3n) is 4.72. The summed E-state index contributed by atoms with van der Waals surface area (Å²) >= 11 is 5.90. The largest absolute Gasteiger partial charge is 0.507 e. The van der Waals surface area contributed by atoms with Crippen LogP contribution in [0.1, 0.15) is 17.2 Å². The summed E-state index contributed by atoms with van der Waals surface area (Å²) in [6, 6.07) is 10.3. The lowest BCUT2D eigenvalue weighted by atomic mass is 9.95. The molecule has 0 aromatic heterocycles. The van der Waals surface area contributed by atoms with Crippen LogP contribution in [0.4, 0.5) is 0 Å². The van der Waals surface area contributed by atoms with Gasteiger partial charge in [0.25, 0.3) is 11.7 Å². The minimum atomic E-state index is -0.891. The van der Waals surface area contributed by atoms with Gasteiger partial charge < -0.3 is 24.6 Å². The van der Waals surface area contributed by atoms with Crippen LogP contribution in [0, 0.1) is 0 Å². The van der Waals surface area contributed by atoms with Crippen molar-refractivity contribution in [2.75, 3.05) is 27.4 Å². The van der Waals surface area contributed by atoms with Gasteiger partial charge in [0, 0.05) is 17.1 Å². The summed E-state index contributed by atoms with van der Waals surface area (Å²) in [6.07, 6.45) is 0. The van der Waals surface area contributed by atoms with E-state index in [-0.39, 0.29) is 24.5 Å². The molecule has 0 aliphatic carbocycles. The topological polar surface area (TPSA) is 96.3 Å². The average molecular weight is 418 g/mol. The van der Waals surface area contributed by atoms with Crippen LogP contribution in [0.15, 0.2) is 48.0 Å². The predicted octanol–water partition coefficient (Wildman–Crippen LogP) is 2.77. The highest BCUT2D eigenvalue weighted by molar-refractivity contribution is 6.46. The molecule has 152 valence electrons. The van der Waals surface area contributed by atoms with Gasteiger partial charge in [-0.25, -0.2) is 0 Å². The van der Waals surface area contributed by atoms with E-state index in [9.17, 15) is 19.8 Å². The van der Waals surface area contributed by atoms with E-state index in [2.05, 4.69) is 0 Å². The van der Waals surface area contributed by atoms with Gasteiger partial charge in [0.15, 0.2) is 11.5 Å². The zero-order valence-electron chi connectivity index (χ0n) is 15.9. The van der Waals surface area contributed by atoms with Crippen LogP contribution in [-0.4, -0.2) is 54.2 Å². The van der Waals surface area contributed by atoms with Crippen molar-refractivity contribution in [3.63, 3.8) is 0 Å². The molecule has 0 spiro atoms. The van der Waals surface area contributed by atoms with Gasteiger partial charge in [0.2, 0.25) is 0 Å². The molecular weight excluding hydrogens is 398 g/mol. The number of rotatable bonds is 6. The number of likely N-dealkylation sites (tertiary alicyclic amines) is 1. The van der Waals surface area contributed by atoms with Crippen molar-refractivity contribution < 1.29 is 29.3 Å². The Kier molecular flexibility index (Phi) is 6.10. The Morgan fingerprint density at radius 1 is 1.07 bits per heavy atom. The molecule has 3 rings (SSSR count). The maximum Gasteiger partial charge on any atom is 0.295 e. The van der Waals surface area contributed by atoms with Crippen molar-refractivity contribution in [3.8, 4) is 11.5 Å². The summed E-state index contributed by atoms with van der Waals surface area (Å²) < 4.78 is 10.6. The van der Waals surface area contributed by atoms with Crippen molar-refractivity contribution >= 4 is 29.1 Å². The summed E-state index contributed by atoms with van der Waals surface area (Å²) in [4.78, 5) is 26.6. The van der Waals surface area contributed by atoms with E-state index in [0.717, 1.165) is 0 Å². The first-order valence-corrected chi connectivity index (χ1v) is 9.17. The molecule has 7 nitrogen and oxygen atoms in total. The van der Waals surface area contributed by atoms with Crippen LogP contribution < -0.4 is 9.47 Å². The number of β-amino-alcohol motifs (C(OH)–C–C–N with tert-alkyl or cyclic N) is 1. The normalized spacial score (nSPS) is 18.2. The molecule has 1 atom stereocenters. The molecule has 1 aliphatic heterocycles. The number of aliphatic hydroxyl groups is 2. The third kappa shape index (κ3) is 3.79. The van der Waals surface area contributed by atoms with E-state index in [1.807, 2.05) is 0 Å². The minimum absolute atomic E-state index is 0.0685. The molecule has 2 aromatic rings. The second kappa shape index (κ2) is 8.55. The van der Waals surface area contributed by atoms with Gasteiger partial charge in [-0.15, -0.1) is 0 Å². The van der Waals surface area contributed by atoms with Gasteiger partial charge in [0.05, 0.1) is 32.4 Å². The Balaban J connectivity index is 2.20. The number of carbonyl (C=O) groups is 2. The van der Waals surface area contributed by atoms with Crippen molar-refractivity contribution in [2.24, 2.45) is 0 Å². The number of aliphatic hydroxyl groups excluding tert-OH is 2. The lowest BCUT2D eigenvalue weighted by Gasteiger charge is -2.25. The number of carbonyl (C=O) groups excluding carboxylic acids is 2. The van der Waals surface area contributed by atoms with Crippen LogP contribution in [0.3, 0.4) is 0 Å². The first-order valence-electron chi connectivity index (χ1n) is 8.80. The fraction of sp³-hybridized carbons (Fsp3) is 0.238. The van der Waals surface area contributed by atoms with Crippen molar-refractivity contribution in [1.29, 1.82) is 0 Å². The Hall–Kier alpha value is -3.03. The number of benzene rings is 2. The van der Waals surface area contributed by atoms with Gasteiger partial charge in [-0.2, -0.15) is 0 Å². The highest BCUT2D eigenvalue weighted by Crippen LogP contribution is 2.41. The van der Waals surface area contributed by atoms with Gasteiger partial charge in [-0.05, 0) is 42.0 Å². The fourth-order valence-electron chi connectivity index (χ4n) is 3.35. The van der Waals surface area contributed by atoms with E-state index in [4.69, 9.17) is 21.1 Å². The summed E-state index contributed by atoms with van der Waals surface area (Å²) in [7, 11) is 2.97. The highest BCUT2D eigenvalue weighted by atomic mass is 35.5. The molecule has 2 aromatic carbocycles. The van der Waals surface area contributed by atoms with Gasteiger partial charge in [0.1, 0.15) is 5.76 Å². The van der Waals surface area contributed by atoms with E-state index in [0.29, 0.717) is 27.6 Å². The van der Waals surface area contributed by atoms with Crippen LogP contribution in [-0.2, 0) is 9.59 Å². The smallest absolute Gasteiger partial charge is 0.295 e. The molecular formula is C21H20ClNO6. The van der Waals surface area contributed by atoms with E-state index >= 15 is 0 Å². The highest BCUT2D eigenvalue weighted by Gasteiger charge is 2.46. The Morgan fingerprint density at radius 2 is 1.72 bits per heavy atom. The first kappa shape index (κ1) is 20.7. The van der Waals surface area contributed by atoms with Crippen molar-refractivity contribution in [2.45, 2.75) is 6.04 Å². The number of Topliss-reactive ketones (excluding diaryl/α,β-unsaturated/α-hetero) is 1. The molecule has 0 bridgehead atoms. The van der Waals surface area contributed by atoms with E-state index in [1.54, 1.807) is 42.5 Å². The molecule has 8 heteroatoms. The molecule has 2 N–H and O–H groups in total. The molecule has 1 aliphatic rings. The van der Waals surface area contributed by atoms with Gasteiger partial charge >= 0.3 is 0 Å². The molecule has 29 heavy (non-hydrogen) atoms. The molecule has 0 radical (unpaired) electrons. The zero-order chi connectivity index (χ0) is 21.1. The zero-order valence-corrected chi connectivity index (χ0v) is 16.6. The summed E-state index contributed by atoms with van der Waals surface area (Å²) in [5.74, 6) is -1.06. The third-order valence-corrected chi connectivity index (χ3v) is 4.97. The number of hydrogen-bond acceptors (Lipinski definition) is 6. The molecule has 1 unspecified atom stereocenters. The first-order chi connectivity index (χ1) is 13.9. The Labute approximate surface area is 172 Å². The Morgan fingerprint density at radius 3 is 2.31 bits per heavy atom. The number of ether oxygens (including phenoxy) is 2. The number of nitrogens with zero attached hydrogens (tertiary/aromatic N) is 1. The molecule has 1 saturated heterocycles. The molecule has 1 heterocycles. The molecule has 1 fully saturated rings. The number of amides is 1. The second-order valence-electron chi connectivity index (χ2n) is 6.34. The van der Waals surface area contributed by atoms with Gasteiger partial charge in [-0.3, -0.25) is 9.59 Å². The number of methoxy groups -OCH3 is 2. The number of ketones is 1.